The lowest BCUT2D eigenvalue weighted by Crippen LogP contribution is -2.18. The number of hydrogen-bond donors (Lipinski definition) is 2. The smallest absolute Gasteiger partial charge is 0.258 e. The lowest BCUT2D eigenvalue weighted by Gasteiger charge is -2.11. The molecule has 6 heteroatoms. The Kier molecular flexibility index (Phi) is 4.68. The van der Waals surface area contributed by atoms with E-state index < -0.39 is 0 Å². The van der Waals surface area contributed by atoms with Gasteiger partial charge in [0, 0.05) is 22.9 Å². The van der Waals surface area contributed by atoms with Crippen molar-refractivity contribution in [3.63, 3.8) is 0 Å². The Morgan fingerprint density at radius 2 is 1.82 bits per heavy atom. The zero-order chi connectivity index (χ0) is 15.4. The molecule has 1 aliphatic carbocycles. The number of benzene rings is 1. The highest BCUT2D eigenvalue weighted by Crippen LogP contribution is 2.22. The average Bonchev–Trinajstić information content (AvgIpc) is 3.03. The minimum Gasteiger partial charge on any atom is -0.351 e. The van der Waals surface area contributed by atoms with Crippen molar-refractivity contribution in [3.05, 3.63) is 46.7 Å². The minimum absolute atomic E-state index is 0.223. The first-order valence-corrected chi connectivity index (χ1v) is 8.16. The van der Waals surface area contributed by atoms with Crippen LogP contribution in [0.1, 0.15) is 36.0 Å². The molecule has 0 spiro atoms. The van der Waals surface area contributed by atoms with Gasteiger partial charge in [-0.2, -0.15) is 0 Å². The molecule has 0 unspecified atom stereocenters. The molecule has 1 aromatic carbocycles. The largest absolute Gasteiger partial charge is 0.351 e. The van der Waals surface area contributed by atoms with Gasteiger partial charge in [-0.1, -0.05) is 25.0 Å². The fourth-order valence-electron chi connectivity index (χ4n) is 2.53. The van der Waals surface area contributed by atoms with E-state index in [0.717, 1.165) is 23.0 Å². The predicted molar refractivity (Wildman–Crippen MR) is 90.0 cm³/mol. The molecule has 3 rings (SSSR count). The summed E-state index contributed by atoms with van der Waals surface area (Å²) < 4.78 is 0.837. The maximum Gasteiger partial charge on any atom is 0.258 e. The highest BCUT2D eigenvalue weighted by Gasteiger charge is 2.16. The molecule has 1 amide bonds. The van der Waals surface area contributed by atoms with Crippen LogP contribution in [0.15, 0.2) is 41.1 Å². The van der Waals surface area contributed by atoms with E-state index in [9.17, 15) is 4.79 Å². The van der Waals surface area contributed by atoms with E-state index in [-0.39, 0.29) is 5.91 Å². The van der Waals surface area contributed by atoms with E-state index in [1.165, 1.54) is 12.8 Å². The average molecular weight is 361 g/mol. The van der Waals surface area contributed by atoms with Gasteiger partial charge >= 0.3 is 0 Å². The number of nitrogens with one attached hydrogen (secondary N) is 2. The summed E-state index contributed by atoms with van der Waals surface area (Å²) in [6.45, 7) is 0. The van der Waals surface area contributed by atoms with Crippen molar-refractivity contribution >= 4 is 33.5 Å². The van der Waals surface area contributed by atoms with Crippen molar-refractivity contribution in [2.45, 2.75) is 31.7 Å². The first-order chi connectivity index (χ1) is 10.7. The van der Waals surface area contributed by atoms with Gasteiger partial charge in [-0.15, -0.1) is 0 Å². The summed E-state index contributed by atoms with van der Waals surface area (Å²) in [7, 11) is 0. The number of carbonyl (C=O) groups is 1. The number of aromatic nitrogens is 2. The summed E-state index contributed by atoms with van der Waals surface area (Å²) in [5.41, 5.74) is 1.16. The molecule has 0 saturated heterocycles. The van der Waals surface area contributed by atoms with Crippen LogP contribution < -0.4 is 10.6 Å². The second-order valence-electron chi connectivity index (χ2n) is 5.36. The van der Waals surface area contributed by atoms with E-state index >= 15 is 0 Å². The number of nitrogens with zero attached hydrogens (tertiary/aromatic N) is 2. The molecule has 1 aromatic heterocycles. The molecule has 0 atom stereocenters. The number of amides is 1. The second-order valence-corrected chi connectivity index (χ2v) is 6.21. The number of rotatable bonds is 4. The van der Waals surface area contributed by atoms with Gasteiger partial charge in [-0.25, -0.2) is 9.97 Å². The molecule has 0 radical (unpaired) electrons. The van der Waals surface area contributed by atoms with Gasteiger partial charge in [0.2, 0.25) is 5.95 Å². The van der Waals surface area contributed by atoms with Crippen LogP contribution in [-0.4, -0.2) is 21.9 Å². The number of para-hydroxylation sites is 1. The maximum atomic E-state index is 12.2. The van der Waals surface area contributed by atoms with Gasteiger partial charge < -0.3 is 10.6 Å². The van der Waals surface area contributed by atoms with Crippen molar-refractivity contribution in [1.82, 2.24) is 9.97 Å². The van der Waals surface area contributed by atoms with Crippen LogP contribution in [0, 0.1) is 0 Å². The molecule has 1 heterocycles. The molecule has 0 aliphatic heterocycles. The van der Waals surface area contributed by atoms with Crippen LogP contribution in [-0.2, 0) is 0 Å². The second kappa shape index (κ2) is 6.87. The lowest BCUT2D eigenvalue weighted by atomic mass is 10.2. The molecule has 22 heavy (non-hydrogen) atoms. The minimum atomic E-state index is -0.223. The van der Waals surface area contributed by atoms with Crippen molar-refractivity contribution in [2.75, 3.05) is 10.6 Å². The van der Waals surface area contributed by atoms with Crippen molar-refractivity contribution in [1.29, 1.82) is 0 Å². The van der Waals surface area contributed by atoms with Gasteiger partial charge in [-0.3, -0.25) is 4.79 Å². The van der Waals surface area contributed by atoms with Gasteiger partial charge in [0.25, 0.3) is 5.91 Å². The van der Waals surface area contributed by atoms with E-state index in [1.54, 1.807) is 12.4 Å². The lowest BCUT2D eigenvalue weighted by molar-refractivity contribution is 0.102. The molecular formula is C16H17BrN4O. The highest BCUT2D eigenvalue weighted by molar-refractivity contribution is 9.10. The van der Waals surface area contributed by atoms with E-state index in [1.807, 2.05) is 24.3 Å². The van der Waals surface area contributed by atoms with Crippen LogP contribution in [0.3, 0.4) is 0 Å². The zero-order valence-corrected chi connectivity index (χ0v) is 13.6. The van der Waals surface area contributed by atoms with E-state index in [0.29, 0.717) is 17.6 Å². The Balaban J connectivity index is 1.64. The standard InChI is InChI=1S/C16H17BrN4O/c17-13-7-3-4-8-14(13)21-15(22)11-9-18-16(19-10-11)20-12-5-1-2-6-12/h3-4,7-10,12H,1-2,5-6H2,(H,21,22)(H,18,19,20). The highest BCUT2D eigenvalue weighted by atomic mass is 79.9. The maximum absolute atomic E-state index is 12.2. The van der Waals surface area contributed by atoms with E-state index in [2.05, 4.69) is 36.5 Å². The Hall–Kier alpha value is -1.95. The SMILES string of the molecule is O=C(Nc1ccccc1Br)c1cnc(NC2CCCC2)nc1. The Morgan fingerprint density at radius 1 is 1.14 bits per heavy atom. The molecule has 1 saturated carbocycles. The molecule has 5 nitrogen and oxygen atoms in total. The first kappa shape index (κ1) is 15.0. The van der Waals surface area contributed by atoms with Gasteiger partial charge in [0.05, 0.1) is 11.3 Å². The summed E-state index contributed by atoms with van der Waals surface area (Å²) in [4.78, 5) is 20.7. The van der Waals surface area contributed by atoms with Crippen LogP contribution in [0.25, 0.3) is 0 Å². The molecule has 114 valence electrons. The quantitative estimate of drug-likeness (QED) is 0.868. The molecule has 1 aliphatic rings. The van der Waals surface area contributed by atoms with Crippen molar-refractivity contribution in [2.24, 2.45) is 0 Å². The first-order valence-electron chi connectivity index (χ1n) is 7.37. The Labute approximate surface area is 137 Å². The topological polar surface area (TPSA) is 66.9 Å². The summed E-state index contributed by atoms with van der Waals surface area (Å²) in [5, 5.41) is 6.14. The number of carbonyl (C=O) groups excluding carboxylic acids is 1. The Morgan fingerprint density at radius 3 is 2.50 bits per heavy atom. The summed E-state index contributed by atoms with van der Waals surface area (Å²) in [6, 6.07) is 7.93. The molecule has 2 N–H and O–H groups in total. The van der Waals surface area contributed by atoms with E-state index in [4.69, 9.17) is 0 Å². The number of anilines is 2. The van der Waals surface area contributed by atoms with Gasteiger partial charge in [0.15, 0.2) is 0 Å². The van der Waals surface area contributed by atoms with Crippen LogP contribution in [0.5, 0.6) is 0 Å². The molecular weight excluding hydrogens is 344 g/mol. The number of hydrogen-bond acceptors (Lipinski definition) is 4. The molecule has 2 aromatic rings. The zero-order valence-electron chi connectivity index (χ0n) is 12.1. The van der Waals surface area contributed by atoms with Gasteiger partial charge in [0.1, 0.15) is 0 Å². The third-order valence-electron chi connectivity index (χ3n) is 3.72. The monoisotopic (exact) mass is 360 g/mol. The van der Waals surface area contributed by atoms with Crippen LogP contribution in [0.2, 0.25) is 0 Å². The van der Waals surface area contributed by atoms with Crippen LogP contribution >= 0.6 is 15.9 Å². The molecule has 0 bridgehead atoms. The van der Waals surface area contributed by atoms with Crippen molar-refractivity contribution < 1.29 is 4.79 Å². The predicted octanol–water partition coefficient (Wildman–Crippen LogP) is 3.85. The third-order valence-corrected chi connectivity index (χ3v) is 4.42. The number of halogens is 1. The third kappa shape index (κ3) is 3.62. The summed E-state index contributed by atoms with van der Waals surface area (Å²) in [6.07, 6.45) is 7.93. The van der Waals surface area contributed by atoms with Crippen LogP contribution in [0.4, 0.5) is 11.6 Å². The molecule has 1 fully saturated rings. The van der Waals surface area contributed by atoms with Crippen molar-refractivity contribution in [3.8, 4) is 0 Å². The Bertz CT molecular complexity index is 653. The fourth-order valence-corrected chi connectivity index (χ4v) is 2.91. The normalized spacial score (nSPS) is 14.8. The van der Waals surface area contributed by atoms with Gasteiger partial charge in [-0.05, 0) is 40.9 Å². The summed E-state index contributed by atoms with van der Waals surface area (Å²) >= 11 is 3.40. The summed E-state index contributed by atoms with van der Waals surface area (Å²) in [5.74, 6) is 0.364. The fraction of sp³-hybridized carbons (Fsp3) is 0.312.